The molecule has 0 radical (unpaired) electrons. The van der Waals surface area contributed by atoms with E-state index in [1.54, 1.807) is 12.2 Å². The third-order valence-corrected chi connectivity index (χ3v) is 4.23. The minimum absolute atomic E-state index is 0.0514. The minimum atomic E-state index is -4.53. The van der Waals surface area contributed by atoms with E-state index in [0.717, 1.165) is 5.56 Å². The van der Waals surface area contributed by atoms with Crippen molar-refractivity contribution >= 4 is 11.9 Å². The van der Waals surface area contributed by atoms with Crippen molar-refractivity contribution in [3.05, 3.63) is 35.9 Å². The topological polar surface area (TPSA) is 87.5 Å². The molecule has 6 nitrogen and oxygen atoms in total. The normalized spacial score (nSPS) is 22.4. The number of nitrogens with two attached hydrogens (primary N) is 1. The fraction of sp³-hybridized carbons (Fsp3) is 0.500. The highest BCUT2D eigenvalue weighted by atomic mass is 19.4. The Hall–Kier alpha value is -2.13. The number of carbonyl (C=O) groups excluding carboxylic acids is 2. The summed E-state index contributed by atoms with van der Waals surface area (Å²) in [6, 6.07) is 7.62. The third-order valence-electron chi connectivity index (χ3n) is 4.23. The summed E-state index contributed by atoms with van der Waals surface area (Å²) in [5.41, 5.74) is 7.22. The molecule has 3 amide bonds. The molecule has 0 aromatic heterocycles. The van der Waals surface area contributed by atoms with Gasteiger partial charge < -0.3 is 11.1 Å². The van der Waals surface area contributed by atoms with Crippen LogP contribution in [0, 0.1) is 0 Å². The number of nitrogens with one attached hydrogen (secondary N) is 2. The highest BCUT2D eigenvalue weighted by Gasteiger charge is 2.36. The fourth-order valence-corrected chi connectivity index (χ4v) is 2.84. The van der Waals surface area contributed by atoms with Gasteiger partial charge in [-0.25, -0.2) is 4.79 Å². The first-order chi connectivity index (χ1) is 11.7. The molecule has 0 aliphatic carbocycles. The van der Waals surface area contributed by atoms with Crippen LogP contribution in [0.15, 0.2) is 30.3 Å². The number of rotatable bonds is 4. The lowest BCUT2D eigenvalue weighted by Crippen LogP contribution is -2.50. The van der Waals surface area contributed by atoms with Crippen LogP contribution in [-0.2, 0) is 4.79 Å². The Balaban J connectivity index is 1.89. The Kier molecular flexibility index (Phi) is 6.02. The van der Waals surface area contributed by atoms with Gasteiger partial charge in [-0.3, -0.25) is 15.0 Å². The maximum Gasteiger partial charge on any atom is 0.405 e. The van der Waals surface area contributed by atoms with Gasteiger partial charge in [-0.1, -0.05) is 30.3 Å². The van der Waals surface area contributed by atoms with Gasteiger partial charge in [0.05, 0.1) is 6.04 Å². The summed E-state index contributed by atoms with van der Waals surface area (Å²) in [6.07, 6.45) is -4.53. The summed E-state index contributed by atoms with van der Waals surface area (Å²) in [7, 11) is 0. The molecule has 3 atom stereocenters. The van der Waals surface area contributed by atoms with E-state index in [1.807, 2.05) is 40.5 Å². The van der Waals surface area contributed by atoms with E-state index in [0.29, 0.717) is 13.1 Å². The predicted molar refractivity (Wildman–Crippen MR) is 85.8 cm³/mol. The zero-order valence-corrected chi connectivity index (χ0v) is 13.7. The van der Waals surface area contributed by atoms with Crippen LogP contribution in [-0.4, -0.2) is 54.7 Å². The van der Waals surface area contributed by atoms with Crippen LogP contribution in [0.25, 0.3) is 0 Å². The number of amides is 3. The van der Waals surface area contributed by atoms with Crippen molar-refractivity contribution in [3.63, 3.8) is 0 Å². The summed E-state index contributed by atoms with van der Waals surface area (Å²) < 4.78 is 36.2. The van der Waals surface area contributed by atoms with Crippen molar-refractivity contribution < 1.29 is 22.8 Å². The molecule has 1 aliphatic heterocycles. The molecule has 1 aliphatic rings. The molecule has 0 spiro atoms. The monoisotopic (exact) mass is 358 g/mol. The van der Waals surface area contributed by atoms with Crippen molar-refractivity contribution in [3.8, 4) is 0 Å². The van der Waals surface area contributed by atoms with Gasteiger partial charge in [0, 0.05) is 25.0 Å². The molecule has 9 heteroatoms. The van der Waals surface area contributed by atoms with Gasteiger partial charge in [-0.15, -0.1) is 0 Å². The number of hydrogen-bond acceptors (Lipinski definition) is 4. The van der Waals surface area contributed by atoms with Gasteiger partial charge in [-0.05, 0) is 12.5 Å². The second-order valence-corrected chi connectivity index (χ2v) is 6.10. The van der Waals surface area contributed by atoms with Gasteiger partial charge in [0.1, 0.15) is 6.54 Å². The summed E-state index contributed by atoms with van der Waals surface area (Å²) >= 11 is 0. The number of carbonyl (C=O) groups is 2. The second-order valence-electron chi connectivity index (χ2n) is 6.10. The van der Waals surface area contributed by atoms with Crippen LogP contribution in [0.5, 0.6) is 0 Å². The zero-order valence-electron chi connectivity index (χ0n) is 13.7. The maximum atomic E-state index is 12.1. The maximum absolute atomic E-state index is 12.1. The molecule has 1 heterocycles. The van der Waals surface area contributed by atoms with Gasteiger partial charge in [0.25, 0.3) is 0 Å². The molecule has 25 heavy (non-hydrogen) atoms. The van der Waals surface area contributed by atoms with Gasteiger partial charge >= 0.3 is 12.2 Å². The summed E-state index contributed by atoms with van der Waals surface area (Å²) in [5.74, 6) is -0.615. The number of imide groups is 1. The van der Waals surface area contributed by atoms with Crippen molar-refractivity contribution in [2.75, 3.05) is 19.6 Å². The summed E-state index contributed by atoms with van der Waals surface area (Å²) in [6.45, 7) is 1.08. The number of benzene rings is 1. The number of hydrogen-bond donors (Lipinski definition) is 3. The number of urea groups is 1. The molecule has 138 valence electrons. The van der Waals surface area contributed by atoms with Crippen LogP contribution in [0.1, 0.15) is 18.4 Å². The molecule has 1 aromatic rings. The molecule has 0 bridgehead atoms. The van der Waals surface area contributed by atoms with Crippen molar-refractivity contribution in [1.29, 1.82) is 0 Å². The first-order valence-corrected chi connectivity index (χ1v) is 7.87. The molecule has 2 rings (SSSR count). The number of halogens is 3. The largest absolute Gasteiger partial charge is 0.405 e. The van der Waals surface area contributed by atoms with E-state index in [9.17, 15) is 22.8 Å². The second kappa shape index (κ2) is 7.83. The van der Waals surface area contributed by atoms with E-state index in [-0.39, 0.29) is 12.0 Å². The van der Waals surface area contributed by atoms with Crippen LogP contribution in [0.2, 0.25) is 0 Å². The molecule has 1 aromatic carbocycles. The Bertz CT molecular complexity index is 609. The van der Waals surface area contributed by atoms with Crippen molar-refractivity contribution in [2.24, 2.45) is 5.73 Å². The summed E-state index contributed by atoms with van der Waals surface area (Å²) in [5, 5.41) is 3.53. The molecular weight excluding hydrogens is 337 g/mol. The van der Waals surface area contributed by atoms with Gasteiger partial charge in [0.15, 0.2) is 0 Å². The van der Waals surface area contributed by atoms with Crippen molar-refractivity contribution in [2.45, 2.75) is 31.1 Å². The van der Waals surface area contributed by atoms with E-state index in [1.165, 1.54) is 0 Å². The average Bonchev–Trinajstić information content (AvgIpc) is 2.94. The molecular formula is C16H21F3N4O2. The van der Waals surface area contributed by atoms with Crippen LogP contribution >= 0.6 is 0 Å². The average molecular weight is 358 g/mol. The smallest absolute Gasteiger partial charge is 0.329 e. The number of alkyl halides is 3. The third kappa shape index (κ3) is 5.43. The van der Waals surface area contributed by atoms with E-state index < -0.39 is 30.7 Å². The highest BCUT2D eigenvalue weighted by molar-refractivity contribution is 5.96. The Morgan fingerprint density at radius 2 is 1.92 bits per heavy atom. The quantitative estimate of drug-likeness (QED) is 0.755. The molecule has 0 saturated carbocycles. The Labute approximate surface area is 143 Å². The molecule has 1 fully saturated rings. The van der Waals surface area contributed by atoms with Crippen LogP contribution < -0.4 is 16.4 Å². The van der Waals surface area contributed by atoms with E-state index in [2.05, 4.69) is 0 Å². The lowest BCUT2D eigenvalue weighted by molar-refractivity contribution is -0.126. The predicted octanol–water partition coefficient (Wildman–Crippen LogP) is 1.19. The fourth-order valence-electron chi connectivity index (χ4n) is 2.84. The van der Waals surface area contributed by atoms with Crippen LogP contribution in [0.4, 0.5) is 18.0 Å². The first kappa shape index (κ1) is 19.2. The van der Waals surface area contributed by atoms with Crippen LogP contribution in [0.3, 0.4) is 0 Å². The van der Waals surface area contributed by atoms with E-state index >= 15 is 0 Å². The Morgan fingerprint density at radius 1 is 1.28 bits per heavy atom. The van der Waals surface area contributed by atoms with Gasteiger partial charge in [0.2, 0.25) is 5.91 Å². The van der Waals surface area contributed by atoms with Crippen molar-refractivity contribution in [1.82, 2.24) is 15.5 Å². The molecule has 4 N–H and O–H groups in total. The summed E-state index contributed by atoms with van der Waals surface area (Å²) in [4.78, 5) is 25.3. The standard InChI is InChI=1S/C16H21F3N4O2/c1-10(14(24)22-15(25)21-9-16(17,18)19)23-7-12(13(20)8-23)11-5-3-2-4-6-11/h2-6,10,12-13H,7-9,20H2,1H3,(H2,21,22,24,25)/t10?,12-,13+/m0/s1. The minimum Gasteiger partial charge on any atom is -0.329 e. The van der Waals surface area contributed by atoms with E-state index in [4.69, 9.17) is 5.73 Å². The highest BCUT2D eigenvalue weighted by Crippen LogP contribution is 2.27. The molecule has 1 saturated heterocycles. The number of likely N-dealkylation sites (tertiary alicyclic amines) is 1. The molecule has 1 unspecified atom stereocenters. The first-order valence-electron chi connectivity index (χ1n) is 7.87. The lowest BCUT2D eigenvalue weighted by Gasteiger charge is -2.23. The SMILES string of the molecule is CC(C(=O)NC(=O)NCC(F)(F)F)N1C[C@@H](N)[C@H](c2ccccc2)C1. The van der Waals surface area contributed by atoms with Gasteiger partial charge in [-0.2, -0.15) is 13.2 Å². The zero-order chi connectivity index (χ0) is 18.6. The number of nitrogens with zero attached hydrogens (tertiary/aromatic N) is 1. The Morgan fingerprint density at radius 3 is 2.52 bits per heavy atom. The lowest BCUT2D eigenvalue weighted by atomic mass is 9.95.